The van der Waals surface area contributed by atoms with Crippen molar-refractivity contribution < 1.29 is 13.5 Å². The maximum absolute atomic E-state index is 13.6. The van der Waals surface area contributed by atoms with Gasteiger partial charge < -0.3 is 4.74 Å². The van der Waals surface area contributed by atoms with Crippen LogP contribution in [0.25, 0.3) is 0 Å². The zero-order valence-corrected chi connectivity index (χ0v) is 11.1. The summed E-state index contributed by atoms with van der Waals surface area (Å²) in [6.45, 7) is 0. The highest BCUT2D eigenvalue weighted by Gasteiger charge is 2.14. The summed E-state index contributed by atoms with van der Waals surface area (Å²) in [5.41, 5.74) is 3.77. The first-order valence-corrected chi connectivity index (χ1v) is 6.18. The molecule has 106 valence electrons. The lowest BCUT2D eigenvalue weighted by Crippen LogP contribution is -2.29. The highest BCUT2D eigenvalue weighted by Crippen LogP contribution is 2.22. The molecule has 3 N–H and O–H groups in total. The molecule has 1 atom stereocenters. The van der Waals surface area contributed by atoms with Gasteiger partial charge in [0.15, 0.2) is 0 Å². The predicted octanol–water partition coefficient (Wildman–Crippen LogP) is 2.72. The van der Waals surface area contributed by atoms with Gasteiger partial charge in [0, 0.05) is 0 Å². The maximum atomic E-state index is 13.6. The number of hydrogen-bond donors (Lipinski definition) is 2. The number of hydrogen-bond acceptors (Lipinski definition) is 3. The minimum atomic E-state index is -0.466. The summed E-state index contributed by atoms with van der Waals surface area (Å²) in [6.07, 6.45) is 0.256. The summed E-state index contributed by atoms with van der Waals surface area (Å²) in [7, 11) is 1.58. The third-order valence-electron chi connectivity index (χ3n) is 3.15. The average Bonchev–Trinajstić information content (AvgIpc) is 2.48. The van der Waals surface area contributed by atoms with Gasteiger partial charge in [-0.2, -0.15) is 0 Å². The van der Waals surface area contributed by atoms with Crippen LogP contribution in [-0.4, -0.2) is 7.11 Å². The molecule has 0 heterocycles. The summed E-state index contributed by atoms with van der Waals surface area (Å²) in [5, 5.41) is 0. The lowest BCUT2D eigenvalue weighted by molar-refractivity contribution is 0.414. The van der Waals surface area contributed by atoms with Crippen molar-refractivity contribution in [3.8, 4) is 5.75 Å². The van der Waals surface area contributed by atoms with Gasteiger partial charge in [0.2, 0.25) is 0 Å². The normalized spacial score (nSPS) is 12.2. The Hall–Kier alpha value is -1.98. The fourth-order valence-corrected chi connectivity index (χ4v) is 2.03. The molecule has 5 heteroatoms. The van der Waals surface area contributed by atoms with Crippen LogP contribution in [0, 0.1) is 11.6 Å². The van der Waals surface area contributed by atoms with Gasteiger partial charge >= 0.3 is 0 Å². The second kappa shape index (κ2) is 6.45. The summed E-state index contributed by atoms with van der Waals surface area (Å²) in [5.74, 6) is 5.33. The average molecular weight is 278 g/mol. The Morgan fingerprint density at radius 2 is 1.85 bits per heavy atom. The van der Waals surface area contributed by atoms with Crippen molar-refractivity contribution in [2.45, 2.75) is 12.5 Å². The van der Waals surface area contributed by atoms with E-state index in [4.69, 9.17) is 10.6 Å². The molecule has 3 nitrogen and oxygen atoms in total. The minimum absolute atomic E-state index is 0.256. The fourth-order valence-electron chi connectivity index (χ4n) is 2.03. The number of benzene rings is 2. The quantitative estimate of drug-likeness (QED) is 0.653. The second-order valence-electron chi connectivity index (χ2n) is 4.43. The van der Waals surface area contributed by atoms with Crippen molar-refractivity contribution in [3.05, 3.63) is 65.2 Å². The highest BCUT2D eigenvalue weighted by atomic mass is 19.1. The molecule has 0 saturated carbocycles. The molecule has 0 aromatic heterocycles. The molecule has 0 bridgehead atoms. The van der Waals surface area contributed by atoms with Crippen LogP contribution < -0.4 is 16.0 Å². The molecule has 0 amide bonds. The van der Waals surface area contributed by atoms with E-state index < -0.39 is 11.6 Å². The SMILES string of the molecule is COc1ccc(C(Cc2cc(F)ccc2F)NN)cc1. The van der Waals surface area contributed by atoms with E-state index in [0.29, 0.717) is 0 Å². The lowest BCUT2D eigenvalue weighted by atomic mass is 9.99. The highest BCUT2D eigenvalue weighted by molar-refractivity contribution is 5.30. The van der Waals surface area contributed by atoms with E-state index in [1.54, 1.807) is 19.2 Å². The van der Waals surface area contributed by atoms with Crippen LogP contribution in [0.2, 0.25) is 0 Å². The molecule has 1 unspecified atom stereocenters. The van der Waals surface area contributed by atoms with E-state index in [0.717, 1.165) is 23.4 Å². The van der Waals surface area contributed by atoms with E-state index in [-0.39, 0.29) is 18.0 Å². The molecule has 2 rings (SSSR count). The molecule has 0 radical (unpaired) electrons. The van der Waals surface area contributed by atoms with Crippen molar-refractivity contribution in [2.24, 2.45) is 5.84 Å². The van der Waals surface area contributed by atoms with Gasteiger partial charge in [0.05, 0.1) is 13.2 Å². The molecule has 0 fully saturated rings. The number of halogens is 2. The zero-order chi connectivity index (χ0) is 14.5. The Balaban J connectivity index is 2.21. The third-order valence-corrected chi connectivity index (χ3v) is 3.15. The van der Waals surface area contributed by atoms with E-state index >= 15 is 0 Å². The molecule has 2 aromatic rings. The molecule has 0 saturated heterocycles. The van der Waals surface area contributed by atoms with Crippen LogP contribution in [0.4, 0.5) is 8.78 Å². The maximum Gasteiger partial charge on any atom is 0.126 e. The van der Waals surface area contributed by atoms with Crippen LogP contribution in [0.1, 0.15) is 17.2 Å². The largest absolute Gasteiger partial charge is 0.497 e. The van der Waals surface area contributed by atoms with E-state index in [1.165, 1.54) is 6.07 Å². The van der Waals surface area contributed by atoms with Gasteiger partial charge in [-0.25, -0.2) is 8.78 Å². The summed E-state index contributed by atoms with van der Waals surface area (Å²) < 4.78 is 31.9. The Morgan fingerprint density at radius 1 is 1.15 bits per heavy atom. The Morgan fingerprint density at radius 3 is 2.45 bits per heavy atom. The first-order chi connectivity index (χ1) is 9.63. The molecule has 0 aliphatic heterocycles. The van der Waals surface area contributed by atoms with Gasteiger partial charge in [-0.3, -0.25) is 11.3 Å². The standard InChI is InChI=1S/C15H16F2N2O/c1-20-13-5-2-10(3-6-13)15(19-18)9-11-8-12(16)4-7-14(11)17/h2-8,15,19H,9,18H2,1H3. The van der Waals surface area contributed by atoms with Crippen LogP contribution in [0.15, 0.2) is 42.5 Å². The topological polar surface area (TPSA) is 47.3 Å². The Kier molecular flexibility index (Phi) is 4.65. The first kappa shape index (κ1) is 14.4. The van der Waals surface area contributed by atoms with Gasteiger partial charge in [-0.15, -0.1) is 0 Å². The van der Waals surface area contributed by atoms with E-state index in [2.05, 4.69) is 5.43 Å². The van der Waals surface area contributed by atoms with Crippen LogP contribution in [0.3, 0.4) is 0 Å². The van der Waals surface area contributed by atoms with E-state index in [1.807, 2.05) is 12.1 Å². The molecule has 0 aliphatic carbocycles. The summed E-state index contributed by atoms with van der Waals surface area (Å²) >= 11 is 0. The number of hydrazine groups is 1. The van der Waals surface area contributed by atoms with Crippen molar-refractivity contribution in [1.29, 1.82) is 0 Å². The van der Waals surface area contributed by atoms with Crippen molar-refractivity contribution in [2.75, 3.05) is 7.11 Å². The smallest absolute Gasteiger partial charge is 0.126 e. The molecule has 0 aliphatic rings. The number of nitrogens with two attached hydrogens (primary N) is 1. The number of methoxy groups -OCH3 is 1. The zero-order valence-electron chi connectivity index (χ0n) is 11.1. The first-order valence-electron chi connectivity index (χ1n) is 6.18. The second-order valence-corrected chi connectivity index (χ2v) is 4.43. The van der Waals surface area contributed by atoms with Gasteiger partial charge in [0.1, 0.15) is 17.4 Å². The molecule has 2 aromatic carbocycles. The van der Waals surface area contributed by atoms with E-state index in [9.17, 15) is 8.78 Å². The van der Waals surface area contributed by atoms with Crippen molar-refractivity contribution in [3.63, 3.8) is 0 Å². The van der Waals surface area contributed by atoms with Crippen LogP contribution in [-0.2, 0) is 6.42 Å². The fraction of sp³-hybridized carbons (Fsp3) is 0.200. The number of ether oxygens (including phenoxy) is 1. The van der Waals surface area contributed by atoms with Crippen molar-refractivity contribution in [1.82, 2.24) is 5.43 Å². The summed E-state index contributed by atoms with van der Waals surface area (Å²) in [4.78, 5) is 0. The molecular weight excluding hydrogens is 262 g/mol. The Labute approximate surface area is 116 Å². The molecule has 20 heavy (non-hydrogen) atoms. The monoisotopic (exact) mass is 278 g/mol. The number of nitrogens with one attached hydrogen (secondary N) is 1. The molecule has 0 spiro atoms. The predicted molar refractivity (Wildman–Crippen MR) is 73.1 cm³/mol. The van der Waals surface area contributed by atoms with Gasteiger partial charge in [-0.1, -0.05) is 12.1 Å². The third kappa shape index (κ3) is 3.31. The van der Waals surface area contributed by atoms with Gasteiger partial charge in [-0.05, 0) is 47.9 Å². The number of rotatable bonds is 5. The van der Waals surface area contributed by atoms with Gasteiger partial charge in [0.25, 0.3) is 0 Å². The Bertz CT molecular complexity index is 573. The van der Waals surface area contributed by atoms with Crippen LogP contribution in [0.5, 0.6) is 5.75 Å². The minimum Gasteiger partial charge on any atom is -0.497 e. The summed E-state index contributed by atoms with van der Waals surface area (Å²) in [6, 6.07) is 10.3. The molecular formula is C15H16F2N2O. The van der Waals surface area contributed by atoms with Crippen LogP contribution >= 0.6 is 0 Å². The lowest BCUT2D eigenvalue weighted by Gasteiger charge is -2.17. The van der Waals surface area contributed by atoms with Crippen molar-refractivity contribution >= 4 is 0 Å².